The fraction of sp³-hybridized carbons (Fsp3) is 0.519. The van der Waals surface area contributed by atoms with Gasteiger partial charge in [0.05, 0.1) is 6.20 Å². The van der Waals surface area contributed by atoms with E-state index in [1.807, 2.05) is 93.8 Å². The number of aromatic amines is 1. The largest absolute Gasteiger partial charge is 0.488 e. The molecule has 0 atom stereocenters. The van der Waals surface area contributed by atoms with Gasteiger partial charge >= 0.3 is 0 Å². The summed E-state index contributed by atoms with van der Waals surface area (Å²) in [4.78, 5) is 11.0. The molecule has 0 bridgehead atoms. The van der Waals surface area contributed by atoms with Gasteiger partial charge in [-0.2, -0.15) is 5.10 Å². The van der Waals surface area contributed by atoms with Crippen molar-refractivity contribution in [2.24, 2.45) is 7.05 Å². The van der Waals surface area contributed by atoms with Crippen LogP contribution in [-0.4, -0.2) is 42.6 Å². The van der Waals surface area contributed by atoms with Crippen LogP contribution < -0.4 is 14.2 Å². The molecule has 0 radical (unpaired) electrons. The van der Waals surface area contributed by atoms with Crippen LogP contribution >= 0.6 is 0 Å². The zero-order valence-electron chi connectivity index (χ0n) is 23.1. The Bertz CT molecular complexity index is 1000. The van der Waals surface area contributed by atoms with Gasteiger partial charge < -0.3 is 14.2 Å². The number of Topliss-reactive ketones (excluding diaryl/α,β-unsaturated/α-hetero) is 1. The summed E-state index contributed by atoms with van der Waals surface area (Å²) >= 11 is 0. The van der Waals surface area contributed by atoms with Gasteiger partial charge in [0.1, 0.15) is 22.6 Å². The molecule has 1 aromatic carbocycles. The zero-order valence-corrected chi connectivity index (χ0v) is 23.1. The Hall–Kier alpha value is -3.29. The highest BCUT2D eigenvalue weighted by atomic mass is 16.5. The van der Waals surface area contributed by atoms with Crippen LogP contribution in [0.3, 0.4) is 0 Å². The van der Waals surface area contributed by atoms with E-state index >= 15 is 0 Å². The summed E-state index contributed by atoms with van der Waals surface area (Å²) in [6.45, 7) is 19.5. The number of ether oxygens (including phenoxy) is 3. The Kier molecular flexibility index (Phi) is 10.6. The Labute approximate surface area is 210 Å². The molecule has 0 spiro atoms. The van der Waals surface area contributed by atoms with Crippen molar-refractivity contribution in [2.75, 3.05) is 0 Å². The lowest BCUT2D eigenvalue weighted by atomic mass is 10.1. The number of aromatic nitrogens is 4. The van der Waals surface area contributed by atoms with Crippen LogP contribution in [0, 0.1) is 0 Å². The molecule has 194 valence electrons. The van der Waals surface area contributed by atoms with Crippen LogP contribution in [-0.2, 0) is 7.05 Å². The predicted octanol–water partition coefficient (Wildman–Crippen LogP) is 6.25. The zero-order chi connectivity index (χ0) is 26.9. The standard InChI is InChI=1S/C12H16O2.C8H14N2O.C7H12N2O/c1-9(13)10-5-7-11(8-6-10)14-12(2,3)4;1-8(2,3)11-7-5-6-10(4)9-7;1-7(2,3)10-6-4-5-8-9-6/h5-8H,1-4H3;5-6H,1-4H3;4-5H,1-3H3,(H,8,9). The average molecular weight is 487 g/mol. The third-order valence-corrected chi connectivity index (χ3v) is 3.68. The minimum Gasteiger partial charge on any atom is -0.488 e. The molecule has 0 fully saturated rings. The van der Waals surface area contributed by atoms with E-state index in [0.717, 1.165) is 5.75 Å². The minimum absolute atomic E-state index is 0.0762. The molecule has 0 unspecified atom stereocenters. The molecule has 3 aromatic rings. The maximum absolute atomic E-state index is 11.0. The first-order valence-corrected chi connectivity index (χ1v) is 11.6. The van der Waals surface area contributed by atoms with Crippen molar-refractivity contribution in [3.05, 3.63) is 54.4 Å². The van der Waals surface area contributed by atoms with E-state index in [4.69, 9.17) is 14.2 Å². The van der Waals surface area contributed by atoms with Gasteiger partial charge in [0.15, 0.2) is 5.78 Å². The first kappa shape index (κ1) is 29.7. The number of benzene rings is 1. The molecule has 0 amide bonds. The number of aryl methyl sites for hydroxylation is 1. The van der Waals surface area contributed by atoms with Crippen molar-refractivity contribution in [1.29, 1.82) is 0 Å². The van der Waals surface area contributed by atoms with Gasteiger partial charge in [-0.05, 0) is 93.5 Å². The predicted molar refractivity (Wildman–Crippen MR) is 139 cm³/mol. The van der Waals surface area contributed by atoms with Crippen molar-refractivity contribution < 1.29 is 19.0 Å². The Morgan fingerprint density at radius 3 is 1.71 bits per heavy atom. The molecular weight excluding hydrogens is 444 g/mol. The van der Waals surface area contributed by atoms with Gasteiger partial charge in [-0.15, -0.1) is 5.10 Å². The average Bonchev–Trinajstić information content (AvgIpc) is 3.31. The number of nitrogens with one attached hydrogen (secondary N) is 1. The molecule has 0 aliphatic heterocycles. The number of ketones is 1. The molecule has 0 aliphatic carbocycles. The van der Waals surface area contributed by atoms with E-state index in [9.17, 15) is 4.79 Å². The maximum atomic E-state index is 11.0. The summed E-state index contributed by atoms with van der Waals surface area (Å²) in [6, 6.07) is 10.9. The molecule has 1 N–H and O–H groups in total. The first-order chi connectivity index (χ1) is 15.9. The molecule has 8 nitrogen and oxygen atoms in total. The van der Waals surface area contributed by atoms with Crippen LogP contribution in [0.5, 0.6) is 17.5 Å². The van der Waals surface area contributed by atoms with Crippen LogP contribution in [0.25, 0.3) is 0 Å². The highest BCUT2D eigenvalue weighted by Crippen LogP contribution is 2.18. The Morgan fingerprint density at radius 2 is 1.34 bits per heavy atom. The van der Waals surface area contributed by atoms with Crippen molar-refractivity contribution in [3.8, 4) is 17.5 Å². The summed E-state index contributed by atoms with van der Waals surface area (Å²) in [5.41, 5.74) is 0.213. The van der Waals surface area contributed by atoms with E-state index < -0.39 is 0 Å². The minimum atomic E-state index is -0.197. The van der Waals surface area contributed by atoms with Crippen LogP contribution in [0.15, 0.2) is 48.8 Å². The lowest BCUT2D eigenvalue weighted by Gasteiger charge is -2.21. The number of hydrogen-bond donors (Lipinski definition) is 1. The quantitative estimate of drug-likeness (QED) is 0.438. The molecule has 3 rings (SSSR count). The van der Waals surface area contributed by atoms with Gasteiger partial charge in [-0.3, -0.25) is 9.48 Å². The summed E-state index contributed by atoms with van der Waals surface area (Å²) in [5, 5.41) is 10.6. The van der Waals surface area contributed by atoms with Gasteiger partial charge in [0.2, 0.25) is 11.8 Å². The van der Waals surface area contributed by atoms with Crippen molar-refractivity contribution >= 4 is 5.78 Å². The SMILES string of the molecule is CC(=O)c1ccc(OC(C)(C)C)cc1.CC(C)(C)Oc1ccn[nH]1.Cn1ccc(OC(C)(C)C)n1. The lowest BCUT2D eigenvalue weighted by molar-refractivity contribution is 0.101. The van der Waals surface area contributed by atoms with Crippen molar-refractivity contribution in [2.45, 2.75) is 86.0 Å². The second-order valence-corrected chi connectivity index (χ2v) is 11.0. The summed E-state index contributed by atoms with van der Waals surface area (Å²) in [5.74, 6) is 2.27. The van der Waals surface area contributed by atoms with E-state index in [1.54, 1.807) is 36.0 Å². The third kappa shape index (κ3) is 14.6. The second kappa shape index (κ2) is 12.4. The molecule has 0 aliphatic rings. The molecule has 0 saturated heterocycles. The molecule has 0 saturated carbocycles. The smallest absolute Gasteiger partial charge is 0.233 e. The Balaban J connectivity index is 0.000000267. The number of rotatable bonds is 4. The molecule has 2 heterocycles. The van der Waals surface area contributed by atoms with Crippen molar-refractivity contribution in [3.63, 3.8) is 0 Å². The summed E-state index contributed by atoms with van der Waals surface area (Å²) < 4.78 is 18.3. The van der Waals surface area contributed by atoms with Crippen LogP contribution in [0.2, 0.25) is 0 Å². The van der Waals surface area contributed by atoms with Crippen LogP contribution in [0.1, 0.15) is 79.6 Å². The summed E-state index contributed by atoms with van der Waals surface area (Å²) in [6.07, 6.45) is 3.53. The van der Waals surface area contributed by atoms with Gasteiger partial charge in [0.25, 0.3) is 0 Å². The molecule has 8 heteroatoms. The highest BCUT2D eigenvalue weighted by molar-refractivity contribution is 5.94. The monoisotopic (exact) mass is 486 g/mol. The van der Waals surface area contributed by atoms with Gasteiger partial charge in [0, 0.05) is 30.9 Å². The molecule has 35 heavy (non-hydrogen) atoms. The van der Waals surface area contributed by atoms with Gasteiger partial charge in [-0.1, -0.05) is 0 Å². The number of hydrogen-bond acceptors (Lipinski definition) is 6. The second-order valence-electron chi connectivity index (χ2n) is 11.0. The highest BCUT2D eigenvalue weighted by Gasteiger charge is 2.13. The summed E-state index contributed by atoms with van der Waals surface area (Å²) in [7, 11) is 1.87. The molecule has 2 aromatic heterocycles. The topological polar surface area (TPSA) is 91.3 Å². The number of carbonyl (C=O) groups is 1. The lowest BCUT2D eigenvalue weighted by Crippen LogP contribution is -2.23. The molecular formula is C27H42N4O4. The van der Waals surface area contributed by atoms with E-state index in [1.165, 1.54) is 0 Å². The number of H-pyrrole nitrogens is 1. The first-order valence-electron chi connectivity index (χ1n) is 11.6. The number of nitrogens with zero attached hydrogens (tertiary/aromatic N) is 3. The van der Waals surface area contributed by atoms with E-state index in [2.05, 4.69) is 15.3 Å². The van der Waals surface area contributed by atoms with E-state index in [0.29, 0.717) is 17.3 Å². The fourth-order valence-electron chi connectivity index (χ4n) is 2.50. The normalized spacial score (nSPS) is 11.4. The van der Waals surface area contributed by atoms with Crippen molar-refractivity contribution in [1.82, 2.24) is 20.0 Å². The van der Waals surface area contributed by atoms with E-state index in [-0.39, 0.29) is 22.6 Å². The fourth-order valence-corrected chi connectivity index (χ4v) is 2.50. The number of carbonyl (C=O) groups excluding carboxylic acids is 1. The maximum Gasteiger partial charge on any atom is 0.233 e. The van der Waals surface area contributed by atoms with Crippen LogP contribution in [0.4, 0.5) is 0 Å². The van der Waals surface area contributed by atoms with Gasteiger partial charge in [-0.25, -0.2) is 5.10 Å². The third-order valence-electron chi connectivity index (χ3n) is 3.68. The Morgan fingerprint density at radius 1 is 0.800 bits per heavy atom.